The Hall–Kier alpha value is -1.13. The smallest absolute Gasteiger partial charge is 0.269 e. The number of carbonyl (C=O) groups excluding carboxylic acids is 1. The molecule has 0 aliphatic carbocycles. The first-order chi connectivity index (χ1) is 9.25. The van der Waals surface area contributed by atoms with Crippen LogP contribution in [0, 0.1) is 0 Å². The van der Waals surface area contributed by atoms with E-state index in [2.05, 4.69) is 15.2 Å². The normalized spacial score (nSPS) is 15.6. The fourth-order valence-electron chi connectivity index (χ4n) is 2.29. The molecule has 1 amide bonds. The second kappa shape index (κ2) is 7.46. The maximum atomic E-state index is 11.8. The van der Waals surface area contributed by atoms with Crippen LogP contribution in [0.4, 0.5) is 0 Å². The third kappa shape index (κ3) is 4.80. The molecule has 0 unspecified atom stereocenters. The molecule has 0 saturated carbocycles. The molecule has 2 rings (SSSR count). The third-order valence-corrected chi connectivity index (χ3v) is 3.58. The van der Waals surface area contributed by atoms with Crippen molar-refractivity contribution in [3.63, 3.8) is 0 Å². The molecular formula is C14H20ClN3O. The molecule has 104 valence electrons. The minimum Gasteiger partial charge on any atom is -0.351 e. The van der Waals surface area contributed by atoms with Gasteiger partial charge in [-0.25, -0.2) is 0 Å². The second-order valence-electron chi connectivity index (χ2n) is 4.87. The summed E-state index contributed by atoms with van der Waals surface area (Å²) in [6.07, 6.45) is 6.34. The van der Waals surface area contributed by atoms with Crippen molar-refractivity contribution in [1.82, 2.24) is 15.2 Å². The summed E-state index contributed by atoms with van der Waals surface area (Å²) in [5.41, 5.74) is 0.382. The Morgan fingerprint density at radius 3 is 2.89 bits per heavy atom. The monoisotopic (exact) mass is 281 g/mol. The van der Waals surface area contributed by atoms with Gasteiger partial charge in [0.25, 0.3) is 5.91 Å². The van der Waals surface area contributed by atoms with Crippen molar-refractivity contribution < 1.29 is 4.79 Å². The highest BCUT2D eigenvalue weighted by molar-refractivity contribution is 6.30. The Kier molecular flexibility index (Phi) is 5.61. The number of hydrogen-bond acceptors (Lipinski definition) is 3. The summed E-state index contributed by atoms with van der Waals surface area (Å²) in [5.74, 6) is -0.149. The van der Waals surface area contributed by atoms with Crippen molar-refractivity contribution in [3.05, 3.63) is 29.0 Å². The summed E-state index contributed by atoms with van der Waals surface area (Å²) in [4.78, 5) is 18.3. The minimum atomic E-state index is -0.149. The molecule has 0 bridgehead atoms. The van der Waals surface area contributed by atoms with Gasteiger partial charge in [0.05, 0.1) is 0 Å². The van der Waals surface area contributed by atoms with E-state index in [4.69, 9.17) is 11.6 Å². The molecule has 1 aliphatic heterocycles. The predicted molar refractivity (Wildman–Crippen MR) is 76.5 cm³/mol. The summed E-state index contributed by atoms with van der Waals surface area (Å²) < 4.78 is 0. The van der Waals surface area contributed by atoms with Crippen molar-refractivity contribution in [2.45, 2.75) is 25.7 Å². The molecule has 5 heteroatoms. The number of hydrogen-bond donors (Lipinski definition) is 1. The molecule has 19 heavy (non-hydrogen) atoms. The molecule has 0 aromatic carbocycles. The number of amides is 1. The van der Waals surface area contributed by atoms with E-state index in [0.717, 1.165) is 19.4 Å². The number of pyridine rings is 1. The molecule has 1 saturated heterocycles. The summed E-state index contributed by atoms with van der Waals surface area (Å²) in [5, 5.41) is 3.41. The predicted octanol–water partition coefficient (Wildman–Crippen LogP) is 2.34. The number of nitrogens with zero attached hydrogens (tertiary/aromatic N) is 2. The van der Waals surface area contributed by atoms with E-state index in [1.807, 2.05) is 0 Å². The van der Waals surface area contributed by atoms with Gasteiger partial charge in [0, 0.05) is 17.8 Å². The topological polar surface area (TPSA) is 45.2 Å². The van der Waals surface area contributed by atoms with Crippen molar-refractivity contribution in [2.75, 3.05) is 26.2 Å². The van der Waals surface area contributed by atoms with E-state index in [1.54, 1.807) is 18.3 Å². The standard InChI is InChI=1S/C14H20ClN3O/c15-12-5-7-16-13(11-12)14(19)17-6-1-2-8-18-9-3-4-10-18/h5,7,11H,1-4,6,8-10H2,(H,17,19). The van der Waals surface area contributed by atoms with E-state index in [0.29, 0.717) is 17.3 Å². The third-order valence-electron chi connectivity index (χ3n) is 3.34. The fourth-order valence-corrected chi connectivity index (χ4v) is 2.45. The van der Waals surface area contributed by atoms with Gasteiger partial charge in [0.1, 0.15) is 5.69 Å². The van der Waals surface area contributed by atoms with Crippen molar-refractivity contribution in [1.29, 1.82) is 0 Å². The van der Waals surface area contributed by atoms with Crippen LogP contribution in [0.15, 0.2) is 18.3 Å². The Bertz CT molecular complexity index is 419. The lowest BCUT2D eigenvalue weighted by Crippen LogP contribution is -2.26. The van der Waals surface area contributed by atoms with Crippen LogP contribution in [-0.4, -0.2) is 42.0 Å². The van der Waals surface area contributed by atoms with Gasteiger partial charge in [-0.2, -0.15) is 0 Å². The zero-order valence-electron chi connectivity index (χ0n) is 11.1. The number of rotatable bonds is 6. The van der Waals surface area contributed by atoms with Crippen LogP contribution in [0.25, 0.3) is 0 Å². The highest BCUT2D eigenvalue weighted by Gasteiger charge is 2.10. The minimum absolute atomic E-state index is 0.149. The summed E-state index contributed by atoms with van der Waals surface area (Å²) >= 11 is 5.82. The lowest BCUT2D eigenvalue weighted by molar-refractivity contribution is 0.0947. The van der Waals surface area contributed by atoms with Gasteiger partial charge in [0.2, 0.25) is 0 Å². The first-order valence-corrected chi connectivity index (χ1v) is 7.25. The number of nitrogens with one attached hydrogen (secondary N) is 1. The fraction of sp³-hybridized carbons (Fsp3) is 0.571. The zero-order chi connectivity index (χ0) is 13.5. The van der Waals surface area contributed by atoms with Gasteiger partial charge in [-0.15, -0.1) is 0 Å². The average molecular weight is 282 g/mol. The maximum Gasteiger partial charge on any atom is 0.269 e. The number of unbranched alkanes of at least 4 members (excludes halogenated alkanes) is 1. The van der Waals surface area contributed by atoms with E-state index in [9.17, 15) is 4.79 Å². The molecular weight excluding hydrogens is 262 g/mol. The molecule has 0 atom stereocenters. The van der Waals surface area contributed by atoms with Gasteiger partial charge in [0.15, 0.2) is 0 Å². The molecule has 1 N–H and O–H groups in total. The highest BCUT2D eigenvalue weighted by Crippen LogP contribution is 2.09. The Labute approximate surface area is 119 Å². The summed E-state index contributed by atoms with van der Waals surface area (Å²) in [6.45, 7) is 4.31. The molecule has 4 nitrogen and oxygen atoms in total. The first-order valence-electron chi connectivity index (χ1n) is 6.88. The zero-order valence-corrected chi connectivity index (χ0v) is 11.8. The number of likely N-dealkylation sites (tertiary alicyclic amines) is 1. The van der Waals surface area contributed by atoms with Crippen molar-refractivity contribution >= 4 is 17.5 Å². The first kappa shape index (κ1) is 14.3. The largest absolute Gasteiger partial charge is 0.351 e. The Balaban J connectivity index is 1.61. The van der Waals surface area contributed by atoms with Gasteiger partial charge in [-0.05, 0) is 57.5 Å². The quantitative estimate of drug-likeness (QED) is 0.814. The van der Waals surface area contributed by atoms with Gasteiger partial charge < -0.3 is 10.2 Å². The van der Waals surface area contributed by atoms with Gasteiger partial charge in [-0.1, -0.05) is 11.6 Å². The second-order valence-corrected chi connectivity index (χ2v) is 5.31. The van der Waals surface area contributed by atoms with Crippen molar-refractivity contribution in [3.8, 4) is 0 Å². The van der Waals surface area contributed by atoms with Crippen LogP contribution in [0.3, 0.4) is 0 Å². The Morgan fingerprint density at radius 1 is 1.37 bits per heavy atom. The van der Waals surface area contributed by atoms with E-state index in [-0.39, 0.29) is 5.91 Å². The molecule has 1 aromatic heterocycles. The van der Waals surface area contributed by atoms with E-state index < -0.39 is 0 Å². The van der Waals surface area contributed by atoms with Crippen LogP contribution in [0.2, 0.25) is 5.02 Å². The number of halogens is 1. The van der Waals surface area contributed by atoms with Crippen molar-refractivity contribution in [2.24, 2.45) is 0 Å². The highest BCUT2D eigenvalue weighted by atomic mass is 35.5. The number of carbonyl (C=O) groups is 1. The Morgan fingerprint density at radius 2 is 2.16 bits per heavy atom. The molecule has 1 fully saturated rings. The molecule has 0 spiro atoms. The van der Waals surface area contributed by atoms with Gasteiger partial charge in [-0.3, -0.25) is 9.78 Å². The SMILES string of the molecule is O=C(NCCCCN1CCCC1)c1cc(Cl)ccn1. The van der Waals surface area contributed by atoms with Crippen LogP contribution < -0.4 is 5.32 Å². The molecule has 1 aromatic rings. The lowest BCUT2D eigenvalue weighted by atomic mass is 10.3. The van der Waals surface area contributed by atoms with Crippen LogP contribution in [0.1, 0.15) is 36.2 Å². The summed E-state index contributed by atoms with van der Waals surface area (Å²) in [7, 11) is 0. The van der Waals surface area contributed by atoms with Gasteiger partial charge >= 0.3 is 0 Å². The lowest BCUT2D eigenvalue weighted by Gasteiger charge is -2.13. The average Bonchev–Trinajstić information content (AvgIpc) is 2.91. The molecule has 1 aliphatic rings. The molecule has 2 heterocycles. The number of aromatic nitrogens is 1. The maximum absolute atomic E-state index is 11.8. The van der Waals surface area contributed by atoms with Crippen LogP contribution in [0.5, 0.6) is 0 Å². The molecule has 0 radical (unpaired) electrons. The van der Waals surface area contributed by atoms with E-state index in [1.165, 1.54) is 25.9 Å². The van der Waals surface area contributed by atoms with Crippen LogP contribution >= 0.6 is 11.6 Å². The van der Waals surface area contributed by atoms with E-state index >= 15 is 0 Å². The van der Waals surface area contributed by atoms with Crippen LogP contribution in [-0.2, 0) is 0 Å². The summed E-state index contributed by atoms with van der Waals surface area (Å²) in [6, 6.07) is 3.25.